The fourth-order valence-corrected chi connectivity index (χ4v) is 1.40. The van der Waals surface area contributed by atoms with E-state index in [2.05, 4.69) is 12.2 Å². The molecule has 0 aromatic carbocycles. The molecule has 3 heteroatoms. The molecule has 13 heavy (non-hydrogen) atoms. The highest BCUT2D eigenvalue weighted by Crippen LogP contribution is 2.10. The number of halogens is 1. The summed E-state index contributed by atoms with van der Waals surface area (Å²) in [6, 6.07) is 0. The second-order valence-corrected chi connectivity index (χ2v) is 3.74. The predicted octanol–water partition coefficient (Wildman–Crippen LogP) is 2.70. The summed E-state index contributed by atoms with van der Waals surface area (Å²) < 4.78 is 0. The number of unbranched alkanes of at least 4 members (excludes halogenated alkanes) is 3. The summed E-state index contributed by atoms with van der Waals surface area (Å²) in [5, 5.41) is 2.38. The van der Waals surface area contributed by atoms with Crippen molar-refractivity contribution in [3.05, 3.63) is 0 Å². The first-order chi connectivity index (χ1) is 6.22. The number of alkyl halides is 1. The molecule has 0 aliphatic rings. The van der Waals surface area contributed by atoms with Crippen molar-refractivity contribution < 1.29 is 4.79 Å². The van der Waals surface area contributed by atoms with Gasteiger partial charge >= 0.3 is 0 Å². The van der Waals surface area contributed by atoms with E-state index in [4.69, 9.17) is 11.6 Å². The first-order valence-corrected chi connectivity index (χ1v) is 5.57. The smallest absolute Gasteiger partial charge is 0.238 e. The van der Waals surface area contributed by atoms with Crippen molar-refractivity contribution in [3.63, 3.8) is 0 Å². The third-order valence-corrected chi connectivity index (χ3v) is 2.36. The number of amides is 1. The zero-order chi connectivity index (χ0) is 10.1. The van der Waals surface area contributed by atoms with Crippen LogP contribution in [0.4, 0.5) is 0 Å². The Labute approximate surface area is 86.0 Å². The number of rotatable bonds is 7. The first kappa shape index (κ1) is 12.8. The molecule has 0 fully saturated rings. The third-order valence-electron chi connectivity index (χ3n) is 1.95. The van der Waals surface area contributed by atoms with Crippen LogP contribution in [0.5, 0.6) is 0 Å². The van der Waals surface area contributed by atoms with Gasteiger partial charge < -0.3 is 5.32 Å². The van der Waals surface area contributed by atoms with E-state index in [1.165, 1.54) is 19.3 Å². The maximum Gasteiger partial charge on any atom is 0.238 e. The Morgan fingerprint density at radius 1 is 1.31 bits per heavy atom. The van der Waals surface area contributed by atoms with Gasteiger partial charge in [0, 0.05) is 6.54 Å². The molecule has 0 aliphatic heterocycles. The Bertz CT molecular complexity index is 139. The highest BCUT2D eigenvalue weighted by Gasteiger charge is 2.12. The minimum absolute atomic E-state index is 0.0272. The van der Waals surface area contributed by atoms with Gasteiger partial charge in [0.15, 0.2) is 0 Å². The highest BCUT2D eigenvalue weighted by atomic mass is 35.5. The summed E-state index contributed by atoms with van der Waals surface area (Å²) in [5.41, 5.74) is 0. The molecule has 1 unspecified atom stereocenters. The molecule has 0 aromatic rings. The molecule has 0 rings (SSSR count). The minimum atomic E-state index is -0.336. The Kier molecular flexibility index (Phi) is 8.21. The van der Waals surface area contributed by atoms with Crippen LogP contribution >= 0.6 is 11.6 Å². The number of hydrogen-bond acceptors (Lipinski definition) is 1. The Morgan fingerprint density at radius 2 is 2.00 bits per heavy atom. The highest BCUT2D eigenvalue weighted by molar-refractivity contribution is 6.30. The van der Waals surface area contributed by atoms with Gasteiger partial charge in [0.2, 0.25) is 5.91 Å². The molecule has 2 nitrogen and oxygen atoms in total. The van der Waals surface area contributed by atoms with Crippen LogP contribution in [0.25, 0.3) is 0 Å². The average Bonchev–Trinajstić information content (AvgIpc) is 2.12. The van der Waals surface area contributed by atoms with E-state index >= 15 is 0 Å². The second kappa shape index (κ2) is 8.36. The SMILES string of the molecule is CCCCCCC(Cl)C(=O)NCC. The molecular weight excluding hydrogens is 186 g/mol. The van der Waals surface area contributed by atoms with Gasteiger partial charge in [-0.25, -0.2) is 0 Å². The molecule has 0 heterocycles. The van der Waals surface area contributed by atoms with Gasteiger partial charge in [-0.15, -0.1) is 11.6 Å². The topological polar surface area (TPSA) is 29.1 Å². The molecule has 1 N–H and O–H groups in total. The fourth-order valence-electron chi connectivity index (χ4n) is 1.17. The molecule has 0 radical (unpaired) electrons. The summed E-state index contributed by atoms with van der Waals surface area (Å²) >= 11 is 5.88. The van der Waals surface area contributed by atoms with E-state index in [1.54, 1.807) is 0 Å². The molecule has 1 amide bonds. The summed E-state index contributed by atoms with van der Waals surface area (Å²) in [6.45, 7) is 4.73. The van der Waals surface area contributed by atoms with Crippen molar-refractivity contribution >= 4 is 17.5 Å². The summed E-state index contributed by atoms with van der Waals surface area (Å²) in [4.78, 5) is 11.2. The van der Waals surface area contributed by atoms with Gasteiger partial charge in [0.05, 0.1) is 0 Å². The molecule has 0 aromatic heterocycles. The summed E-state index contributed by atoms with van der Waals surface area (Å²) in [5.74, 6) is -0.0272. The van der Waals surface area contributed by atoms with Crippen LogP contribution in [-0.2, 0) is 4.79 Å². The average molecular weight is 206 g/mol. The Morgan fingerprint density at radius 3 is 2.54 bits per heavy atom. The van der Waals surface area contributed by atoms with Gasteiger partial charge in [-0.2, -0.15) is 0 Å². The second-order valence-electron chi connectivity index (χ2n) is 3.21. The summed E-state index contributed by atoms with van der Waals surface area (Å²) in [7, 11) is 0. The molecule has 1 atom stereocenters. The van der Waals surface area contributed by atoms with Crippen molar-refractivity contribution in [1.29, 1.82) is 0 Å². The summed E-state index contributed by atoms with van der Waals surface area (Å²) in [6.07, 6.45) is 5.48. The van der Waals surface area contributed by atoms with Crippen LogP contribution in [0.1, 0.15) is 46.0 Å². The number of nitrogens with one attached hydrogen (secondary N) is 1. The normalized spacial score (nSPS) is 12.5. The standard InChI is InChI=1S/C10H20ClNO/c1-3-5-6-7-8-9(11)10(13)12-4-2/h9H,3-8H2,1-2H3,(H,12,13). The van der Waals surface area contributed by atoms with Gasteiger partial charge in [0.1, 0.15) is 5.38 Å². The van der Waals surface area contributed by atoms with E-state index in [1.807, 2.05) is 6.92 Å². The largest absolute Gasteiger partial charge is 0.355 e. The Balaban J connectivity index is 3.38. The van der Waals surface area contributed by atoms with E-state index < -0.39 is 0 Å². The van der Waals surface area contributed by atoms with Crippen molar-refractivity contribution in [2.24, 2.45) is 0 Å². The predicted molar refractivity (Wildman–Crippen MR) is 57.1 cm³/mol. The lowest BCUT2D eigenvalue weighted by Crippen LogP contribution is -2.30. The molecule has 0 saturated carbocycles. The molecule has 0 spiro atoms. The van der Waals surface area contributed by atoms with Gasteiger partial charge in [-0.3, -0.25) is 4.79 Å². The van der Waals surface area contributed by atoms with Crippen molar-refractivity contribution in [3.8, 4) is 0 Å². The van der Waals surface area contributed by atoms with E-state index in [-0.39, 0.29) is 11.3 Å². The van der Waals surface area contributed by atoms with Gasteiger partial charge in [0.25, 0.3) is 0 Å². The van der Waals surface area contributed by atoms with Crippen LogP contribution in [-0.4, -0.2) is 17.8 Å². The number of carbonyl (C=O) groups excluding carboxylic acids is 1. The van der Waals surface area contributed by atoms with E-state index in [0.717, 1.165) is 12.8 Å². The molecule has 0 aliphatic carbocycles. The van der Waals surface area contributed by atoms with Crippen molar-refractivity contribution in [2.45, 2.75) is 51.3 Å². The quantitative estimate of drug-likeness (QED) is 0.503. The molecule has 0 bridgehead atoms. The maximum atomic E-state index is 11.2. The molecular formula is C10H20ClNO. The van der Waals surface area contributed by atoms with Gasteiger partial charge in [-0.1, -0.05) is 32.6 Å². The molecule has 78 valence electrons. The maximum absolute atomic E-state index is 11.2. The van der Waals surface area contributed by atoms with Crippen LogP contribution in [0.15, 0.2) is 0 Å². The zero-order valence-corrected chi connectivity index (χ0v) is 9.36. The first-order valence-electron chi connectivity index (χ1n) is 5.14. The van der Waals surface area contributed by atoms with Crippen LogP contribution in [0.3, 0.4) is 0 Å². The van der Waals surface area contributed by atoms with Crippen LogP contribution < -0.4 is 5.32 Å². The third kappa shape index (κ3) is 6.88. The number of carbonyl (C=O) groups is 1. The lowest BCUT2D eigenvalue weighted by Gasteiger charge is -2.08. The van der Waals surface area contributed by atoms with Crippen LogP contribution in [0.2, 0.25) is 0 Å². The Hall–Kier alpha value is -0.240. The minimum Gasteiger partial charge on any atom is -0.355 e. The fraction of sp³-hybridized carbons (Fsp3) is 0.900. The van der Waals surface area contributed by atoms with Crippen molar-refractivity contribution in [1.82, 2.24) is 5.32 Å². The van der Waals surface area contributed by atoms with Crippen molar-refractivity contribution in [2.75, 3.05) is 6.54 Å². The lowest BCUT2D eigenvalue weighted by atomic mass is 10.1. The lowest BCUT2D eigenvalue weighted by molar-refractivity contribution is -0.120. The zero-order valence-electron chi connectivity index (χ0n) is 8.61. The van der Waals surface area contributed by atoms with Gasteiger partial charge in [-0.05, 0) is 13.3 Å². The number of hydrogen-bond donors (Lipinski definition) is 1. The van der Waals surface area contributed by atoms with E-state index in [0.29, 0.717) is 6.54 Å². The monoisotopic (exact) mass is 205 g/mol. The van der Waals surface area contributed by atoms with E-state index in [9.17, 15) is 4.79 Å². The molecule has 0 saturated heterocycles. The van der Waals surface area contributed by atoms with Crippen LogP contribution in [0, 0.1) is 0 Å².